The van der Waals surface area contributed by atoms with Crippen LogP contribution in [0.3, 0.4) is 0 Å². The predicted octanol–water partition coefficient (Wildman–Crippen LogP) is 5.29. The first kappa shape index (κ1) is 19.8. The van der Waals surface area contributed by atoms with Gasteiger partial charge >= 0.3 is 6.03 Å². The maximum atomic E-state index is 13.2. The number of nitrogens with one attached hydrogen (secondary N) is 2. The Balaban J connectivity index is 1.65. The van der Waals surface area contributed by atoms with Crippen molar-refractivity contribution in [2.75, 3.05) is 23.8 Å². The van der Waals surface area contributed by atoms with Gasteiger partial charge in [0.15, 0.2) is 17.3 Å². The highest BCUT2D eigenvalue weighted by molar-refractivity contribution is 6.31. The van der Waals surface area contributed by atoms with E-state index in [1.165, 1.54) is 0 Å². The number of urea groups is 1. The molecule has 3 aromatic carbocycles. The van der Waals surface area contributed by atoms with E-state index in [0.29, 0.717) is 52.2 Å². The fourth-order valence-electron chi connectivity index (χ4n) is 3.09. The summed E-state index contributed by atoms with van der Waals surface area (Å²) in [6.07, 6.45) is 0. The highest BCUT2D eigenvalue weighted by Gasteiger charge is 2.22. The number of ketones is 1. The van der Waals surface area contributed by atoms with Crippen LogP contribution in [0.15, 0.2) is 60.7 Å². The minimum atomic E-state index is -0.507. The molecule has 6 nitrogen and oxygen atoms in total. The zero-order valence-electron chi connectivity index (χ0n) is 16.2. The molecule has 1 aliphatic heterocycles. The lowest BCUT2D eigenvalue weighted by Crippen LogP contribution is -2.22. The van der Waals surface area contributed by atoms with Crippen LogP contribution in [0, 0.1) is 6.92 Å². The number of hydrogen-bond donors (Lipinski definition) is 2. The Bertz CT molecular complexity index is 1110. The van der Waals surface area contributed by atoms with Crippen LogP contribution in [-0.4, -0.2) is 25.0 Å². The number of carbonyl (C=O) groups excluding carboxylic acids is 2. The summed E-state index contributed by atoms with van der Waals surface area (Å²) in [6.45, 7) is 2.74. The second-order valence-electron chi connectivity index (χ2n) is 6.83. The SMILES string of the molecule is Cc1ccc(C(=O)c2cc3c(cc2NC(=O)Nc2cccc(Cl)c2)OCCO3)cc1. The Morgan fingerprint density at radius 3 is 2.30 bits per heavy atom. The minimum Gasteiger partial charge on any atom is -0.486 e. The number of rotatable bonds is 4. The summed E-state index contributed by atoms with van der Waals surface area (Å²) in [7, 11) is 0. The van der Waals surface area contributed by atoms with Gasteiger partial charge in [0.05, 0.1) is 11.3 Å². The standard InChI is InChI=1S/C23H19ClN2O4/c1-14-5-7-15(8-6-14)22(27)18-12-20-21(30-10-9-29-20)13-19(18)26-23(28)25-17-4-2-3-16(24)11-17/h2-8,11-13H,9-10H2,1H3,(H2,25,26,28). The zero-order chi connectivity index (χ0) is 21.1. The Morgan fingerprint density at radius 1 is 0.900 bits per heavy atom. The summed E-state index contributed by atoms with van der Waals surface area (Å²) in [5.74, 6) is 0.710. The van der Waals surface area contributed by atoms with Gasteiger partial charge in [0.2, 0.25) is 0 Å². The lowest BCUT2D eigenvalue weighted by molar-refractivity contribution is 0.103. The first-order valence-corrected chi connectivity index (χ1v) is 9.76. The summed E-state index contributed by atoms with van der Waals surface area (Å²) >= 11 is 5.97. The van der Waals surface area contributed by atoms with Crippen LogP contribution in [0.5, 0.6) is 11.5 Å². The highest BCUT2D eigenvalue weighted by atomic mass is 35.5. The molecule has 0 aliphatic carbocycles. The fraction of sp³-hybridized carbons (Fsp3) is 0.130. The van der Waals surface area contributed by atoms with E-state index in [1.807, 2.05) is 19.1 Å². The quantitative estimate of drug-likeness (QED) is 0.560. The highest BCUT2D eigenvalue weighted by Crippen LogP contribution is 2.36. The van der Waals surface area contributed by atoms with E-state index >= 15 is 0 Å². The number of anilines is 2. The maximum Gasteiger partial charge on any atom is 0.323 e. The van der Waals surface area contributed by atoms with Crippen molar-refractivity contribution in [3.63, 3.8) is 0 Å². The van der Waals surface area contributed by atoms with Crippen LogP contribution < -0.4 is 20.1 Å². The van der Waals surface area contributed by atoms with E-state index in [2.05, 4.69) is 10.6 Å². The number of halogens is 1. The van der Waals surface area contributed by atoms with E-state index in [4.69, 9.17) is 21.1 Å². The van der Waals surface area contributed by atoms with Gasteiger partial charge in [0, 0.05) is 22.3 Å². The number of fused-ring (bicyclic) bond motifs is 1. The van der Waals surface area contributed by atoms with Gasteiger partial charge < -0.3 is 20.1 Å². The van der Waals surface area contributed by atoms with Crippen molar-refractivity contribution in [3.8, 4) is 11.5 Å². The van der Waals surface area contributed by atoms with Crippen LogP contribution in [0.2, 0.25) is 5.02 Å². The van der Waals surface area contributed by atoms with Gasteiger partial charge in [-0.2, -0.15) is 0 Å². The molecular weight excluding hydrogens is 404 g/mol. The van der Waals surface area contributed by atoms with Gasteiger partial charge in [-0.15, -0.1) is 0 Å². The second-order valence-corrected chi connectivity index (χ2v) is 7.26. The number of benzene rings is 3. The first-order chi connectivity index (χ1) is 14.5. The molecule has 0 radical (unpaired) electrons. The molecular formula is C23H19ClN2O4. The van der Waals surface area contributed by atoms with Crippen molar-refractivity contribution in [3.05, 3.63) is 82.4 Å². The van der Waals surface area contributed by atoms with Crippen LogP contribution >= 0.6 is 11.6 Å². The van der Waals surface area contributed by atoms with Gasteiger partial charge in [0.1, 0.15) is 13.2 Å². The zero-order valence-corrected chi connectivity index (χ0v) is 17.0. The number of amides is 2. The van der Waals surface area contributed by atoms with E-state index in [9.17, 15) is 9.59 Å². The lowest BCUT2D eigenvalue weighted by Gasteiger charge is -2.21. The van der Waals surface area contributed by atoms with Crippen molar-refractivity contribution in [2.45, 2.75) is 6.92 Å². The van der Waals surface area contributed by atoms with Crippen LogP contribution in [0.1, 0.15) is 21.5 Å². The molecule has 0 saturated heterocycles. The molecule has 0 unspecified atom stereocenters. The number of hydrogen-bond acceptors (Lipinski definition) is 4. The summed E-state index contributed by atoms with van der Waals surface area (Å²) in [5.41, 5.74) is 2.72. The monoisotopic (exact) mass is 422 g/mol. The third-order valence-electron chi connectivity index (χ3n) is 4.57. The van der Waals surface area contributed by atoms with Gasteiger partial charge in [-0.1, -0.05) is 47.5 Å². The maximum absolute atomic E-state index is 13.2. The third-order valence-corrected chi connectivity index (χ3v) is 4.81. The van der Waals surface area contributed by atoms with Crippen molar-refractivity contribution in [2.24, 2.45) is 0 Å². The molecule has 30 heavy (non-hydrogen) atoms. The average molecular weight is 423 g/mol. The Labute approximate surface area is 178 Å². The molecule has 0 fully saturated rings. The fourth-order valence-corrected chi connectivity index (χ4v) is 3.28. The Hall–Kier alpha value is -3.51. The van der Waals surface area contributed by atoms with E-state index in [-0.39, 0.29) is 5.78 Å². The van der Waals surface area contributed by atoms with Crippen LogP contribution in [0.25, 0.3) is 0 Å². The van der Waals surface area contributed by atoms with Gasteiger partial charge in [-0.05, 0) is 31.2 Å². The molecule has 2 amide bonds. The molecule has 1 heterocycles. The molecule has 152 valence electrons. The molecule has 0 aromatic heterocycles. The Morgan fingerprint density at radius 2 is 1.60 bits per heavy atom. The topological polar surface area (TPSA) is 76.7 Å². The number of carbonyl (C=O) groups is 2. The molecule has 3 aromatic rings. The predicted molar refractivity (Wildman–Crippen MR) is 116 cm³/mol. The van der Waals surface area contributed by atoms with Crippen LogP contribution in [0.4, 0.5) is 16.2 Å². The largest absolute Gasteiger partial charge is 0.486 e. The van der Waals surface area contributed by atoms with Crippen molar-refractivity contribution >= 4 is 34.8 Å². The molecule has 4 rings (SSSR count). The van der Waals surface area contributed by atoms with Gasteiger partial charge in [-0.3, -0.25) is 4.79 Å². The number of aryl methyl sites for hydroxylation is 1. The smallest absolute Gasteiger partial charge is 0.323 e. The van der Waals surface area contributed by atoms with E-state index in [1.54, 1.807) is 48.5 Å². The average Bonchev–Trinajstić information content (AvgIpc) is 2.73. The molecule has 0 atom stereocenters. The third kappa shape index (κ3) is 4.39. The summed E-state index contributed by atoms with van der Waals surface area (Å²) in [5, 5.41) is 5.95. The second kappa shape index (κ2) is 8.47. The lowest BCUT2D eigenvalue weighted by atomic mass is 10.00. The van der Waals surface area contributed by atoms with Crippen molar-refractivity contribution < 1.29 is 19.1 Å². The van der Waals surface area contributed by atoms with Crippen LogP contribution in [-0.2, 0) is 0 Å². The molecule has 0 spiro atoms. The summed E-state index contributed by atoms with van der Waals surface area (Å²) in [4.78, 5) is 25.7. The number of ether oxygens (including phenoxy) is 2. The van der Waals surface area contributed by atoms with Gasteiger partial charge in [-0.25, -0.2) is 4.79 Å². The molecule has 1 aliphatic rings. The molecule has 7 heteroatoms. The summed E-state index contributed by atoms with van der Waals surface area (Å²) in [6, 6.07) is 16.7. The molecule has 2 N–H and O–H groups in total. The van der Waals surface area contributed by atoms with E-state index in [0.717, 1.165) is 5.56 Å². The summed E-state index contributed by atoms with van der Waals surface area (Å²) < 4.78 is 11.2. The molecule has 0 saturated carbocycles. The minimum absolute atomic E-state index is 0.231. The first-order valence-electron chi connectivity index (χ1n) is 9.38. The van der Waals surface area contributed by atoms with Crippen molar-refractivity contribution in [1.82, 2.24) is 0 Å². The van der Waals surface area contributed by atoms with Crippen molar-refractivity contribution in [1.29, 1.82) is 0 Å². The Kier molecular flexibility index (Phi) is 5.59. The molecule has 0 bridgehead atoms. The normalized spacial score (nSPS) is 12.2. The van der Waals surface area contributed by atoms with E-state index < -0.39 is 6.03 Å². The van der Waals surface area contributed by atoms with Gasteiger partial charge in [0.25, 0.3) is 0 Å².